The largest absolute Gasteiger partial charge is 0.493 e. The zero-order chi connectivity index (χ0) is 15.0. The Morgan fingerprint density at radius 3 is 2.25 bits per heavy atom. The molecule has 6 nitrogen and oxygen atoms in total. The van der Waals surface area contributed by atoms with Gasteiger partial charge >= 0.3 is 5.97 Å². The minimum atomic E-state index is -0.597. The zero-order valence-corrected chi connectivity index (χ0v) is 11.5. The van der Waals surface area contributed by atoms with Gasteiger partial charge in [0.25, 0.3) is 0 Å². The van der Waals surface area contributed by atoms with E-state index in [0.29, 0.717) is 22.8 Å². The molecule has 0 heterocycles. The summed E-state index contributed by atoms with van der Waals surface area (Å²) in [5, 5.41) is 8.30. The van der Waals surface area contributed by atoms with Crippen molar-refractivity contribution in [3.8, 4) is 23.3 Å². The van der Waals surface area contributed by atoms with Crippen LogP contribution in [0.1, 0.15) is 5.56 Å². The first-order valence-corrected chi connectivity index (χ1v) is 5.68. The van der Waals surface area contributed by atoms with Gasteiger partial charge in [-0.15, -0.1) is 0 Å². The van der Waals surface area contributed by atoms with Crippen molar-refractivity contribution in [1.82, 2.24) is 0 Å². The second kappa shape index (κ2) is 7.69. The molecule has 106 valence electrons. The molecule has 0 saturated carbocycles. The first-order valence-electron chi connectivity index (χ1n) is 5.68. The van der Waals surface area contributed by atoms with E-state index < -0.39 is 5.97 Å². The number of carbonyl (C=O) groups is 1. The summed E-state index contributed by atoms with van der Waals surface area (Å²) in [5.74, 6) is 0.841. The van der Waals surface area contributed by atoms with Crippen molar-refractivity contribution in [2.75, 3.05) is 27.9 Å². The highest BCUT2D eigenvalue weighted by atomic mass is 16.5. The molecular weight excluding hydrogens is 262 g/mol. The van der Waals surface area contributed by atoms with Gasteiger partial charge in [0.1, 0.15) is 6.07 Å². The van der Waals surface area contributed by atoms with Crippen molar-refractivity contribution in [2.45, 2.75) is 0 Å². The number of hydrogen-bond donors (Lipinski definition) is 0. The Morgan fingerprint density at radius 2 is 1.80 bits per heavy atom. The fourth-order valence-electron chi connectivity index (χ4n) is 1.51. The molecule has 0 unspecified atom stereocenters. The maximum Gasteiger partial charge on any atom is 0.331 e. The number of carbonyl (C=O) groups excluding carboxylic acids is 1. The summed E-state index contributed by atoms with van der Waals surface area (Å²) < 4.78 is 20.2. The lowest BCUT2D eigenvalue weighted by Crippen LogP contribution is -2.00. The smallest absolute Gasteiger partial charge is 0.331 e. The fraction of sp³-hybridized carbons (Fsp3) is 0.286. The number of methoxy groups -OCH3 is 3. The second-order valence-electron chi connectivity index (χ2n) is 3.56. The van der Waals surface area contributed by atoms with Crippen LogP contribution in [0, 0.1) is 11.3 Å². The summed E-state index contributed by atoms with van der Waals surface area (Å²) in [5.41, 5.74) is 0.674. The quantitative estimate of drug-likeness (QED) is 0.582. The number of ether oxygens (including phenoxy) is 4. The molecule has 0 saturated heterocycles. The first-order chi connectivity index (χ1) is 9.65. The maximum atomic E-state index is 11.3. The molecule has 0 aliphatic heterocycles. The third-order valence-electron chi connectivity index (χ3n) is 2.38. The number of benzene rings is 1. The van der Waals surface area contributed by atoms with Crippen molar-refractivity contribution in [3.05, 3.63) is 23.8 Å². The number of nitrogens with zero attached hydrogens (tertiary/aromatic N) is 1. The van der Waals surface area contributed by atoms with Crippen LogP contribution in [0.15, 0.2) is 18.2 Å². The third-order valence-corrected chi connectivity index (χ3v) is 2.38. The van der Waals surface area contributed by atoms with Gasteiger partial charge in [0.15, 0.2) is 18.1 Å². The molecule has 0 bridgehead atoms. The van der Waals surface area contributed by atoms with Crippen LogP contribution in [-0.2, 0) is 9.53 Å². The van der Waals surface area contributed by atoms with Gasteiger partial charge in [-0.2, -0.15) is 5.26 Å². The van der Waals surface area contributed by atoms with Gasteiger partial charge in [-0.25, -0.2) is 4.79 Å². The summed E-state index contributed by atoms with van der Waals surface area (Å²) in [4.78, 5) is 11.3. The zero-order valence-electron chi connectivity index (χ0n) is 11.5. The Bertz CT molecular complexity index is 520. The molecule has 0 atom stereocenters. The van der Waals surface area contributed by atoms with Crippen LogP contribution in [0.4, 0.5) is 0 Å². The van der Waals surface area contributed by atoms with Crippen LogP contribution in [-0.4, -0.2) is 33.9 Å². The van der Waals surface area contributed by atoms with Crippen LogP contribution >= 0.6 is 0 Å². The summed E-state index contributed by atoms with van der Waals surface area (Å²) >= 11 is 0. The molecule has 0 fully saturated rings. The number of nitriles is 1. The standard InChI is InChI=1S/C14H15NO5/c1-17-11-8-10(4-5-13(16)20-7-6-15)9-12(18-2)14(11)19-3/h4-5,8-9H,7H2,1-3H3/b5-4+. The Kier molecular flexibility index (Phi) is 5.91. The third kappa shape index (κ3) is 3.92. The minimum Gasteiger partial charge on any atom is -0.493 e. The van der Waals surface area contributed by atoms with Gasteiger partial charge in [-0.1, -0.05) is 0 Å². The maximum absolute atomic E-state index is 11.3. The lowest BCUT2D eigenvalue weighted by atomic mass is 10.1. The van der Waals surface area contributed by atoms with Crippen molar-refractivity contribution in [3.63, 3.8) is 0 Å². The fourth-order valence-corrected chi connectivity index (χ4v) is 1.51. The van der Waals surface area contributed by atoms with Gasteiger partial charge in [0.2, 0.25) is 5.75 Å². The van der Waals surface area contributed by atoms with E-state index in [-0.39, 0.29) is 6.61 Å². The number of esters is 1. The molecule has 0 aromatic heterocycles. The van der Waals surface area contributed by atoms with E-state index in [0.717, 1.165) is 0 Å². The minimum absolute atomic E-state index is 0.279. The Labute approximate surface area is 117 Å². The summed E-state index contributed by atoms with van der Waals surface area (Å²) in [6, 6.07) is 5.09. The van der Waals surface area contributed by atoms with Gasteiger partial charge in [-0.05, 0) is 23.8 Å². The monoisotopic (exact) mass is 277 g/mol. The Hall–Kier alpha value is -2.68. The first kappa shape index (κ1) is 15.4. The molecule has 1 rings (SSSR count). The average molecular weight is 277 g/mol. The van der Waals surface area contributed by atoms with E-state index in [1.807, 2.05) is 0 Å². The lowest BCUT2D eigenvalue weighted by molar-refractivity contribution is -0.136. The molecule has 0 aliphatic rings. The highest BCUT2D eigenvalue weighted by Crippen LogP contribution is 2.38. The van der Waals surface area contributed by atoms with E-state index in [1.54, 1.807) is 18.2 Å². The van der Waals surface area contributed by atoms with Gasteiger partial charge < -0.3 is 18.9 Å². The highest BCUT2D eigenvalue weighted by molar-refractivity contribution is 5.87. The Morgan fingerprint density at radius 1 is 1.20 bits per heavy atom. The average Bonchev–Trinajstić information content (AvgIpc) is 2.49. The van der Waals surface area contributed by atoms with Crippen molar-refractivity contribution in [1.29, 1.82) is 5.26 Å². The highest BCUT2D eigenvalue weighted by Gasteiger charge is 2.12. The molecule has 6 heteroatoms. The van der Waals surface area contributed by atoms with E-state index in [9.17, 15) is 4.79 Å². The SMILES string of the molecule is COc1cc(/C=C/C(=O)OCC#N)cc(OC)c1OC. The van der Waals surface area contributed by atoms with Gasteiger partial charge in [-0.3, -0.25) is 0 Å². The predicted molar refractivity (Wildman–Crippen MR) is 71.7 cm³/mol. The lowest BCUT2D eigenvalue weighted by Gasteiger charge is -2.12. The van der Waals surface area contributed by atoms with Crippen LogP contribution < -0.4 is 14.2 Å². The van der Waals surface area contributed by atoms with Crippen molar-refractivity contribution in [2.24, 2.45) is 0 Å². The predicted octanol–water partition coefficient (Wildman–Crippen LogP) is 1.79. The Balaban J connectivity index is 2.99. The van der Waals surface area contributed by atoms with E-state index in [4.69, 9.17) is 19.5 Å². The van der Waals surface area contributed by atoms with Crippen molar-refractivity contribution >= 4 is 12.0 Å². The van der Waals surface area contributed by atoms with E-state index in [2.05, 4.69) is 4.74 Å². The molecule has 20 heavy (non-hydrogen) atoms. The normalized spacial score (nSPS) is 9.90. The van der Waals surface area contributed by atoms with Crippen LogP contribution in [0.3, 0.4) is 0 Å². The number of rotatable bonds is 6. The molecule has 0 aliphatic carbocycles. The van der Waals surface area contributed by atoms with Crippen molar-refractivity contribution < 1.29 is 23.7 Å². The molecule has 0 spiro atoms. The molecular formula is C14H15NO5. The molecule has 0 amide bonds. The van der Waals surface area contributed by atoms with Crippen LogP contribution in [0.5, 0.6) is 17.2 Å². The van der Waals surface area contributed by atoms with Crippen LogP contribution in [0.2, 0.25) is 0 Å². The molecule has 1 aromatic rings. The van der Waals surface area contributed by atoms with Crippen LogP contribution in [0.25, 0.3) is 6.08 Å². The van der Waals surface area contributed by atoms with E-state index in [1.165, 1.54) is 33.5 Å². The summed E-state index contributed by atoms with van der Waals surface area (Å²) in [7, 11) is 4.52. The summed E-state index contributed by atoms with van der Waals surface area (Å²) in [6.07, 6.45) is 2.75. The topological polar surface area (TPSA) is 77.8 Å². The van der Waals surface area contributed by atoms with Gasteiger partial charge in [0, 0.05) is 6.08 Å². The molecule has 1 aromatic carbocycles. The second-order valence-corrected chi connectivity index (χ2v) is 3.56. The number of hydrogen-bond acceptors (Lipinski definition) is 6. The molecule has 0 radical (unpaired) electrons. The summed E-state index contributed by atoms with van der Waals surface area (Å²) in [6.45, 7) is -0.279. The van der Waals surface area contributed by atoms with E-state index >= 15 is 0 Å². The van der Waals surface area contributed by atoms with Gasteiger partial charge in [0.05, 0.1) is 21.3 Å². The molecule has 0 N–H and O–H groups in total.